The molecule has 1 atom stereocenters. The summed E-state index contributed by atoms with van der Waals surface area (Å²) in [6.45, 7) is 4.09. The summed E-state index contributed by atoms with van der Waals surface area (Å²) in [6.07, 6.45) is 1.40. The molecule has 1 saturated heterocycles. The molecule has 1 aliphatic heterocycles. The van der Waals surface area contributed by atoms with E-state index in [0.29, 0.717) is 36.2 Å². The van der Waals surface area contributed by atoms with E-state index in [4.69, 9.17) is 0 Å². The van der Waals surface area contributed by atoms with Crippen molar-refractivity contribution in [3.63, 3.8) is 0 Å². The number of benzene rings is 2. The van der Waals surface area contributed by atoms with Crippen molar-refractivity contribution >= 4 is 22.4 Å². The van der Waals surface area contributed by atoms with Gasteiger partial charge in [0.15, 0.2) is 0 Å². The minimum atomic E-state index is -0.348. The standard InChI is InChI=1S/C19H18F2N4/c1-13-11-24(9-10-25(13)17-8-3-2-6-15(17)20)19-14-5-4-7-16(21)18(14)22-12-23-19/h2-8,12-13H,9-11H2,1H3. The number of hydrogen-bond acceptors (Lipinski definition) is 4. The molecular formula is C19H18F2N4. The third kappa shape index (κ3) is 2.77. The highest BCUT2D eigenvalue weighted by Gasteiger charge is 2.27. The first-order chi connectivity index (χ1) is 12.1. The zero-order valence-electron chi connectivity index (χ0n) is 13.9. The number of para-hydroxylation sites is 2. The number of fused-ring (bicyclic) bond motifs is 1. The molecule has 128 valence electrons. The van der Waals surface area contributed by atoms with E-state index >= 15 is 0 Å². The van der Waals surface area contributed by atoms with Gasteiger partial charge >= 0.3 is 0 Å². The van der Waals surface area contributed by atoms with Crippen LogP contribution in [0.25, 0.3) is 10.9 Å². The summed E-state index contributed by atoms with van der Waals surface area (Å²) in [7, 11) is 0. The van der Waals surface area contributed by atoms with Crippen LogP contribution in [0.2, 0.25) is 0 Å². The molecule has 2 heterocycles. The Labute approximate surface area is 144 Å². The molecule has 0 radical (unpaired) electrons. The van der Waals surface area contributed by atoms with Crippen LogP contribution in [0.3, 0.4) is 0 Å². The number of hydrogen-bond donors (Lipinski definition) is 0. The van der Waals surface area contributed by atoms with Crippen molar-refractivity contribution in [3.05, 3.63) is 60.4 Å². The molecule has 0 spiro atoms. The van der Waals surface area contributed by atoms with Gasteiger partial charge in [0.05, 0.1) is 5.69 Å². The summed E-state index contributed by atoms with van der Waals surface area (Å²) in [5.41, 5.74) is 0.949. The van der Waals surface area contributed by atoms with Crippen molar-refractivity contribution in [2.24, 2.45) is 0 Å². The van der Waals surface area contributed by atoms with Gasteiger partial charge in [-0.1, -0.05) is 18.2 Å². The van der Waals surface area contributed by atoms with Gasteiger partial charge in [0.2, 0.25) is 0 Å². The first kappa shape index (κ1) is 15.7. The summed E-state index contributed by atoms with van der Waals surface area (Å²) >= 11 is 0. The van der Waals surface area contributed by atoms with E-state index in [2.05, 4.69) is 26.7 Å². The predicted molar refractivity (Wildman–Crippen MR) is 94.9 cm³/mol. The second-order valence-corrected chi connectivity index (χ2v) is 6.27. The Bertz CT molecular complexity index is 915. The summed E-state index contributed by atoms with van der Waals surface area (Å²) in [5, 5.41) is 0.703. The molecule has 3 aromatic rings. The lowest BCUT2D eigenvalue weighted by Gasteiger charge is -2.42. The van der Waals surface area contributed by atoms with Crippen LogP contribution in [0.5, 0.6) is 0 Å². The SMILES string of the molecule is CC1CN(c2ncnc3c(F)cccc23)CCN1c1ccccc1F. The number of anilines is 2. The molecule has 1 unspecified atom stereocenters. The van der Waals surface area contributed by atoms with Crippen molar-refractivity contribution in [1.82, 2.24) is 9.97 Å². The first-order valence-electron chi connectivity index (χ1n) is 8.30. The van der Waals surface area contributed by atoms with Gasteiger partial charge in [0, 0.05) is 31.1 Å². The van der Waals surface area contributed by atoms with Gasteiger partial charge in [-0.15, -0.1) is 0 Å². The highest BCUT2D eigenvalue weighted by atomic mass is 19.1. The largest absolute Gasteiger partial charge is 0.363 e. The van der Waals surface area contributed by atoms with E-state index in [1.807, 2.05) is 12.1 Å². The quantitative estimate of drug-likeness (QED) is 0.713. The average molecular weight is 340 g/mol. The molecule has 0 amide bonds. The monoisotopic (exact) mass is 340 g/mol. The van der Waals surface area contributed by atoms with Crippen molar-refractivity contribution in [1.29, 1.82) is 0 Å². The van der Waals surface area contributed by atoms with Crippen LogP contribution in [-0.2, 0) is 0 Å². The molecule has 0 aliphatic carbocycles. The van der Waals surface area contributed by atoms with E-state index in [-0.39, 0.29) is 17.7 Å². The Morgan fingerprint density at radius 1 is 0.960 bits per heavy atom. The summed E-state index contributed by atoms with van der Waals surface area (Å²) in [4.78, 5) is 12.6. The van der Waals surface area contributed by atoms with Gasteiger partial charge in [0.25, 0.3) is 0 Å². The fraction of sp³-hybridized carbons (Fsp3) is 0.263. The second-order valence-electron chi connectivity index (χ2n) is 6.27. The van der Waals surface area contributed by atoms with E-state index in [9.17, 15) is 8.78 Å². The Morgan fingerprint density at radius 2 is 1.76 bits per heavy atom. The molecular weight excluding hydrogens is 322 g/mol. The molecule has 1 aromatic heterocycles. The highest BCUT2D eigenvalue weighted by molar-refractivity contribution is 5.89. The zero-order valence-corrected chi connectivity index (χ0v) is 13.9. The van der Waals surface area contributed by atoms with Crippen molar-refractivity contribution in [3.8, 4) is 0 Å². The summed E-state index contributed by atoms with van der Waals surface area (Å²) < 4.78 is 28.1. The molecule has 2 aromatic carbocycles. The molecule has 4 nitrogen and oxygen atoms in total. The lowest BCUT2D eigenvalue weighted by molar-refractivity contribution is 0.531. The lowest BCUT2D eigenvalue weighted by atomic mass is 10.1. The normalized spacial score (nSPS) is 18.0. The summed E-state index contributed by atoms with van der Waals surface area (Å²) in [6, 6.07) is 11.8. The maximum absolute atomic E-state index is 14.1. The predicted octanol–water partition coefficient (Wildman–Crippen LogP) is 3.62. The Balaban J connectivity index is 1.64. The maximum atomic E-state index is 14.1. The Morgan fingerprint density at radius 3 is 2.56 bits per heavy atom. The first-order valence-corrected chi connectivity index (χ1v) is 8.30. The number of nitrogens with zero attached hydrogens (tertiary/aromatic N) is 4. The topological polar surface area (TPSA) is 32.3 Å². The Kier molecular flexibility index (Phi) is 3.95. The van der Waals surface area contributed by atoms with Crippen LogP contribution < -0.4 is 9.80 Å². The number of rotatable bonds is 2. The maximum Gasteiger partial charge on any atom is 0.149 e. The van der Waals surface area contributed by atoms with Crippen molar-refractivity contribution in [2.75, 3.05) is 29.4 Å². The van der Waals surface area contributed by atoms with Gasteiger partial charge in [-0.05, 0) is 31.2 Å². The van der Waals surface area contributed by atoms with Gasteiger partial charge in [-0.2, -0.15) is 0 Å². The fourth-order valence-corrected chi connectivity index (χ4v) is 3.48. The van der Waals surface area contributed by atoms with Crippen LogP contribution in [0.1, 0.15) is 6.92 Å². The van der Waals surface area contributed by atoms with E-state index < -0.39 is 0 Å². The molecule has 6 heteroatoms. The van der Waals surface area contributed by atoms with Crippen LogP contribution in [-0.4, -0.2) is 35.6 Å². The van der Waals surface area contributed by atoms with Crippen molar-refractivity contribution in [2.45, 2.75) is 13.0 Å². The van der Waals surface area contributed by atoms with Crippen LogP contribution in [0.15, 0.2) is 48.8 Å². The summed E-state index contributed by atoms with van der Waals surface area (Å²) in [5.74, 6) is 0.168. The van der Waals surface area contributed by atoms with Crippen molar-refractivity contribution < 1.29 is 8.78 Å². The smallest absolute Gasteiger partial charge is 0.149 e. The number of aromatic nitrogens is 2. The molecule has 0 bridgehead atoms. The van der Waals surface area contributed by atoms with Crippen LogP contribution >= 0.6 is 0 Å². The number of halogens is 2. The van der Waals surface area contributed by atoms with Gasteiger partial charge in [-0.25, -0.2) is 18.7 Å². The lowest BCUT2D eigenvalue weighted by Crippen LogP contribution is -2.52. The van der Waals surface area contributed by atoms with Gasteiger partial charge in [-0.3, -0.25) is 0 Å². The van der Waals surface area contributed by atoms with Gasteiger partial charge < -0.3 is 9.80 Å². The Hall–Kier alpha value is -2.76. The molecule has 1 fully saturated rings. The minimum absolute atomic E-state index is 0.101. The minimum Gasteiger partial charge on any atom is -0.363 e. The zero-order chi connectivity index (χ0) is 17.4. The molecule has 0 N–H and O–H groups in total. The molecule has 0 saturated carbocycles. The molecule has 25 heavy (non-hydrogen) atoms. The third-order valence-electron chi connectivity index (χ3n) is 4.68. The highest BCUT2D eigenvalue weighted by Crippen LogP contribution is 2.29. The number of piperazine rings is 1. The van der Waals surface area contributed by atoms with Crippen LogP contribution in [0, 0.1) is 11.6 Å². The fourth-order valence-electron chi connectivity index (χ4n) is 3.48. The third-order valence-corrected chi connectivity index (χ3v) is 4.68. The van der Waals surface area contributed by atoms with Crippen LogP contribution in [0.4, 0.5) is 20.3 Å². The van der Waals surface area contributed by atoms with E-state index in [0.717, 1.165) is 5.82 Å². The second kappa shape index (κ2) is 6.27. The van der Waals surface area contributed by atoms with E-state index in [1.54, 1.807) is 18.2 Å². The average Bonchev–Trinajstić information content (AvgIpc) is 2.62. The van der Waals surface area contributed by atoms with E-state index in [1.165, 1.54) is 18.5 Å². The van der Waals surface area contributed by atoms with Gasteiger partial charge in [0.1, 0.15) is 29.3 Å². The molecule has 4 rings (SSSR count). The molecule has 1 aliphatic rings.